The molecule has 146 valence electrons. The minimum atomic E-state index is 0.551. The van der Waals surface area contributed by atoms with Crippen LogP contribution in [0, 0.1) is 6.92 Å². The molecule has 0 unspecified atom stereocenters. The van der Waals surface area contributed by atoms with E-state index in [4.69, 9.17) is 4.98 Å². The van der Waals surface area contributed by atoms with Crippen molar-refractivity contribution < 1.29 is 0 Å². The molecular formula is C24H30N4. The van der Waals surface area contributed by atoms with Crippen LogP contribution in [0.15, 0.2) is 48.5 Å². The van der Waals surface area contributed by atoms with Crippen molar-refractivity contribution in [3.8, 4) is 0 Å². The molecule has 1 N–H and O–H groups in total. The summed E-state index contributed by atoms with van der Waals surface area (Å²) in [5.74, 6) is 1.86. The van der Waals surface area contributed by atoms with Crippen LogP contribution < -0.4 is 5.32 Å². The summed E-state index contributed by atoms with van der Waals surface area (Å²) in [4.78, 5) is 7.73. The quantitative estimate of drug-likeness (QED) is 0.741. The summed E-state index contributed by atoms with van der Waals surface area (Å²) in [5, 5.41) is 3.53. The minimum absolute atomic E-state index is 0.551. The number of nitrogens with zero attached hydrogens (tertiary/aromatic N) is 3. The molecule has 2 aliphatic heterocycles. The molecule has 0 aliphatic carbocycles. The Morgan fingerprint density at radius 1 is 1.04 bits per heavy atom. The van der Waals surface area contributed by atoms with Crippen molar-refractivity contribution in [2.24, 2.45) is 0 Å². The third-order valence-corrected chi connectivity index (χ3v) is 6.47. The van der Waals surface area contributed by atoms with Crippen LogP contribution in [0.25, 0.3) is 11.0 Å². The fourth-order valence-electron chi connectivity index (χ4n) is 4.95. The highest BCUT2D eigenvalue weighted by molar-refractivity contribution is 5.77. The van der Waals surface area contributed by atoms with Crippen molar-refractivity contribution in [2.45, 2.75) is 44.7 Å². The SMILES string of the molecule is Cc1ccc2c(c1)nc([C@@H]1CCNC1)n2C1CCN(Cc2ccccc2)CC1. The number of rotatable bonds is 4. The smallest absolute Gasteiger partial charge is 0.114 e. The molecule has 0 spiro atoms. The van der Waals surface area contributed by atoms with Crippen LogP contribution in [0.3, 0.4) is 0 Å². The zero-order valence-corrected chi connectivity index (χ0v) is 16.8. The van der Waals surface area contributed by atoms with E-state index in [-0.39, 0.29) is 0 Å². The van der Waals surface area contributed by atoms with Crippen LogP contribution in [-0.2, 0) is 6.54 Å². The van der Waals surface area contributed by atoms with Gasteiger partial charge in [0, 0.05) is 38.1 Å². The normalized spacial score (nSPS) is 21.5. The number of aromatic nitrogens is 2. The van der Waals surface area contributed by atoms with Crippen molar-refractivity contribution in [1.82, 2.24) is 19.8 Å². The Morgan fingerprint density at radius 2 is 1.86 bits per heavy atom. The molecule has 2 fully saturated rings. The third kappa shape index (κ3) is 3.47. The zero-order chi connectivity index (χ0) is 18.9. The second-order valence-electron chi connectivity index (χ2n) is 8.51. The van der Waals surface area contributed by atoms with Gasteiger partial charge in [0.15, 0.2) is 0 Å². The molecule has 28 heavy (non-hydrogen) atoms. The van der Waals surface area contributed by atoms with E-state index in [1.165, 1.54) is 47.2 Å². The van der Waals surface area contributed by atoms with Gasteiger partial charge in [0.05, 0.1) is 11.0 Å². The van der Waals surface area contributed by atoms with Gasteiger partial charge in [-0.25, -0.2) is 4.98 Å². The van der Waals surface area contributed by atoms with Gasteiger partial charge in [-0.1, -0.05) is 36.4 Å². The highest BCUT2D eigenvalue weighted by atomic mass is 15.2. The number of nitrogens with one attached hydrogen (secondary N) is 1. The van der Waals surface area contributed by atoms with Gasteiger partial charge in [0.25, 0.3) is 0 Å². The summed E-state index contributed by atoms with van der Waals surface area (Å²) in [6.45, 7) is 7.73. The van der Waals surface area contributed by atoms with Crippen LogP contribution in [0.2, 0.25) is 0 Å². The molecule has 5 rings (SSSR count). The van der Waals surface area contributed by atoms with Crippen LogP contribution in [0.5, 0.6) is 0 Å². The number of hydrogen-bond acceptors (Lipinski definition) is 3. The molecular weight excluding hydrogens is 344 g/mol. The van der Waals surface area contributed by atoms with Crippen LogP contribution >= 0.6 is 0 Å². The fraction of sp³-hybridized carbons (Fsp3) is 0.458. The van der Waals surface area contributed by atoms with Gasteiger partial charge >= 0.3 is 0 Å². The molecule has 2 aliphatic rings. The summed E-state index contributed by atoms with van der Waals surface area (Å²) >= 11 is 0. The Hall–Kier alpha value is -2.17. The minimum Gasteiger partial charge on any atom is -0.324 e. The zero-order valence-electron chi connectivity index (χ0n) is 16.8. The Balaban J connectivity index is 1.39. The maximum absolute atomic E-state index is 5.13. The molecule has 3 aromatic rings. The summed E-state index contributed by atoms with van der Waals surface area (Å²) < 4.78 is 2.60. The average molecular weight is 375 g/mol. The van der Waals surface area contributed by atoms with E-state index in [1.807, 2.05) is 0 Å². The van der Waals surface area contributed by atoms with Gasteiger partial charge in [0.2, 0.25) is 0 Å². The maximum Gasteiger partial charge on any atom is 0.114 e. The van der Waals surface area contributed by atoms with E-state index in [1.54, 1.807) is 0 Å². The lowest BCUT2D eigenvalue weighted by atomic mass is 10.0. The Morgan fingerprint density at radius 3 is 2.61 bits per heavy atom. The van der Waals surface area contributed by atoms with Crippen molar-refractivity contribution >= 4 is 11.0 Å². The molecule has 1 aromatic heterocycles. The largest absolute Gasteiger partial charge is 0.324 e. The fourth-order valence-corrected chi connectivity index (χ4v) is 4.95. The second-order valence-corrected chi connectivity index (χ2v) is 8.51. The number of imidazole rings is 1. The van der Waals surface area contributed by atoms with Crippen molar-refractivity contribution in [2.75, 3.05) is 26.2 Å². The van der Waals surface area contributed by atoms with Crippen molar-refractivity contribution in [3.63, 3.8) is 0 Å². The second kappa shape index (κ2) is 7.69. The van der Waals surface area contributed by atoms with E-state index >= 15 is 0 Å². The van der Waals surface area contributed by atoms with Gasteiger partial charge < -0.3 is 9.88 Å². The van der Waals surface area contributed by atoms with Crippen LogP contribution in [-0.4, -0.2) is 40.6 Å². The number of benzene rings is 2. The summed E-state index contributed by atoms with van der Waals surface area (Å²) in [6.07, 6.45) is 3.62. The number of likely N-dealkylation sites (tertiary alicyclic amines) is 1. The Bertz CT molecular complexity index is 932. The van der Waals surface area contributed by atoms with Gasteiger partial charge in [-0.3, -0.25) is 4.90 Å². The molecule has 0 amide bonds. The Kier molecular flexibility index (Phi) is 4.91. The van der Waals surface area contributed by atoms with E-state index in [0.717, 1.165) is 32.7 Å². The van der Waals surface area contributed by atoms with Gasteiger partial charge in [-0.2, -0.15) is 0 Å². The van der Waals surface area contributed by atoms with E-state index in [9.17, 15) is 0 Å². The molecule has 0 bridgehead atoms. The molecule has 2 saturated heterocycles. The first-order valence-corrected chi connectivity index (χ1v) is 10.7. The number of aryl methyl sites for hydroxylation is 1. The first-order valence-electron chi connectivity index (χ1n) is 10.7. The predicted molar refractivity (Wildman–Crippen MR) is 115 cm³/mol. The molecule has 1 atom stereocenters. The average Bonchev–Trinajstić information content (AvgIpc) is 3.37. The number of piperidine rings is 1. The first kappa shape index (κ1) is 17.9. The first-order chi connectivity index (χ1) is 13.8. The van der Waals surface area contributed by atoms with Gasteiger partial charge in [-0.05, 0) is 56.0 Å². The monoisotopic (exact) mass is 374 g/mol. The topological polar surface area (TPSA) is 33.1 Å². The van der Waals surface area contributed by atoms with Gasteiger partial charge in [0.1, 0.15) is 5.82 Å². The molecule has 2 aromatic carbocycles. The lowest BCUT2D eigenvalue weighted by molar-refractivity contribution is 0.179. The summed E-state index contributed by atoms with van der Waals surface area (Å²) in [5.41, 5.74) is 5.22. The summed E-state index contributed by atoms with van der Waals surface area (Å²) in [7, 11) is 0. The van der Waals surface area contributed by atoms with E-state index in [0.29, 0.717) is 12.0 Å². The van der Waals surface area contributed by atoms with Gasteiger partial charge in [-0.15, -0.1) is 0 Å². The number of fused-ring (bicyclic) bond motifs is 1. The molecule has 0 saturated carbocycles. The number of hydrogen-bond donors (Lipinski definition) is 1. The standard InChI is InChI=1S/C24H30N4/c1-18-7-8-23-22(15-18)26-24(20-9-12-25-16-20)28(23)21-10-13-27(14-11-21)17-19-5-3-2-4-6-19/h2-8,15,20-21,25H,9-14,16-17H2,1H3/t20-/m1/s1. The van der Waals surface area contributed by atoms with Crippen LogP contribution in [0.4, 0.5) is 0 Å². The lowest BCUT2D eigenvalue weighted by Gasteiger charge is -2.34. The van der Waals surface area contributed by atoms with E-state index < -0.39 is 0 Å². The lowest BCUT2D eigenvalue weighted by Crippen LogP contribution is -2.34. The van der Waals surface area contributed by atoms with Crippen LogP contribution in [0.1, 0.15) is 48.2 Å². The highest BCUT2D eigenvalue weighted by Crippen LogP contribution is 2.34. The maximum atomic E-state index is 5.13. The highest BCUT2D eigenvalue weighted by Gasteiger charge is 2.29. The molecule has 3 heterocycles. The molecule has 4 heteroatoms. The van der Waals surface area contributed by atoms with E-state index in [2.05, 4.69) is 70.2 Å². The van der Waals surface area contributed by atoms with Crippen molar-refractivity contribution in [1.29, 1.82) is 0 Å². The molecule has 0 radical (unpaired) electrons. The van der Waals surface area contributed by atoms with Crippen molar-refractivity contribution in [3.05, 3.63) is 65.5 Å². The molecule has 4 nitrogen and oxygen atoms in total. The summed E-state index contributed by atoms with van der Waals surface area (Å²) in [6, 6.07) is 18.2. The third-order valence-electron chi connectivity index (χ3n) is 6.47. The Labute approximate surface area is 167 Å². The predicted octanol–water partition coefficient (Wildman–Crippen LogP) is 4.26.